The smallest absolute Gasteiger partial charge is 0.137 e. The Morgan fingerprint density at radius 1 is 0.837 bits per heavy atom. The lowest BCUT2D eigenvalue weighted by Crippen LogP contribution is -2.31. The molecule has 0 radical (unpaired) electrons. The summed E-state index contributed by atoms with van der Waals surface area (Å²) in [4.78, 5) is 6.93. The van der Waals surface area contributed by atoms with Crippen molar-refractivity contribution >= 4 is 29.0 Å². The molecule has 0 saturated heterocycles. The minimum atomic E-state index is -0.0839. The highest BCUT2D eigenvalue weighted by Gasteiger charge is 2.47. The molecule has 0 spiro atoms. The number of nitrogens with one attached hydrogen (secondary N) is 1. The van der Waals surface area contributed by atoms with Crippen molar-refractivity contribution in [2.45, 2.75) is 63.8 Å². The van der Waals surface area contributed by atoms with Gasteiger partial charge >= 0.3 is 0 Å². The van der Waals surface area contributed by atoms with E-state index < -0.39 is 0 Å². The average molecular weight is 566 g/mol. The fraction of sp³-hybridized carbons (Fsp3) is 0.256. The molecule has 2 N–H and O–H groups in total. The predicted molar refractivity (Wildman–Crippen MR) is 178 cm³/mol. The van der Waals surface area contributed by atoms with Crippen molar-refractivity contribution in [3.05, 3.63) is 137 Å². The third-order valence-electron chi connectivity index (χ3n) is 9.43. The maximum absolute atomic E-state index is 11.3. The van der Waals surface area contributed by atoms with Crippen LogP contribution in [0.4, 0.5) is 17.2 Å². The van der Waals surface area contributed by atoms with Gasteiger partial charge in [-0.1, -0.05) is 100 Å². The van der Waals surface area contributed by atoms with Crippen LogP contribution < -0.4 is 10.2 Å². The van der Waals surface area contributed by atoms with Crippen molar-refractivity contribution in [3.63, 3.8) is 0 Å². The summed E-state index contributed by atoms with van der Waals surface area (Å²) in [6, 6.07) is 29.3. The molecule has 4 aromatic rings. The maximum Gasteiger partial charge on any atom is 0.137 e. The highest BCUT2D eigenvalue weighted by Crippen LogP contribution is 2.57. The van der Waals surface area contributed by atoms with E-state index in [2.05, 4.69) is 96.9 Å². The van der Waals surface area contributed by atoms with Gasteiger partial charge in [-0.3, -0.25) is 4.90 Å². The van der Waals surface area contributed by atoms with E-state index in [0.29, 0.717) is 5.75 Å². The molecule has 1 aromatic heterocycles. The van der Waals surface area contributed by atoms with Gasteiger partial charge in [-0.05, 0) is 83.1 Å². The van der Waals surface area contributed by atoms with Crippen LogP contribution in [0.5, 0.6) is 5.75 Å². The Balaban J connectivity index is 1.35. The van der Waals surface area contributed by atoms with Gasteiger partial charge in [-0.2, -0.15) is 0 Å². The first-order valence-corrected chi connectivity index (χ1v) is 15.8. The normalized spacial score (nSPS) is 17.3. The number of phenols is 1. The molecule has 2 aliphatic carbocycles. The van der Waals surface area contributed by atoms with Gasteiger partial charge in [0.2, 0.25) is 0 Å². The van der Waals surface area contributed by atoms with E-state index in [-0.39, 0.29) is 11.5 Å². The molecule has 1 unspecified atom stereocenters. The number of anilines is 3. The lowest BCUT2D eigenvalue weighted by Gasteiger charge is -2.37. The number of hydrogen-bond donors (Lipinski definition) is 2. The second-order valence-corrected chi connectivity index (χ2v) is 12.0. The molecule has 2 heterocycles. The topological polar surface area (TPSA) is 48.4 Å². The number of pyridine rings is 1. The molecule has 216 valence electrons. The number of allylic oxidation sites excluding steroid dienone is 2. The van der Waals surface area contributed by atoms with Gasteiger partial charge in [0.05, 0.1) is 11.7 Å². The van der Waals surface area contributed by atoms with Gasteiger partial charge in [0.1, 0.15) is 11.6 Å². The SMILES string of the molecule is CCCCC1(CCCC)C2=C(NC3C(=C2)C=Cc2ccc(N(c4ccccc4)c4ccccn4)cc23)c2c(O)cccc21. The molecule has 0 saturated carbocycles. The van der Waals surface area contributed by atoms with Crippen LogP contribution in [0.1, 0.15) is 80.7 Å². The summed E-state index contributed by atoms with van der Waals surface area (Å²) in [7, 11) is 0. The molecule has 0 fully saturated rings. The summed E-state index contributed by atoms with van der Waals surface area (Å²) in [5.74, 6) is 1.25. The van der Waals surface area contributed by atoms with E-state index in [1.54, 1.807) is 0 Å². The van der Waals surface area contributed by atoms with Crippen molar-refractivity contribution in [3.8, 4) is 5.75 Å². The Morgan fingerprint density at radius 2 is 1.63 bits per heavy atom. The van der Waals surface area contributed by atoms with Crippen LogP contribution in [0.3, 0.4) is 0 Å². The van der Waals surface area contributed by atoms with Gasteiger partial charge in [-0.15, -0.1) is 0 Å². The Hall–Kier alpha value is -4.57. The van der Waals surface area contributed by atoms with Crippen molar-refractivity contribution in [1.82, 2.24) is 10.3 Å². The van der Waals surface area contributed by atoms with E-state index in [9.17, 15) is 5.11 Å². The summed E-state index contributed by atoms with van der Waals surface area (Å²) < 4.78 is 0. The number of unbranched alkanes of at least 4 members (excludes halogenated alkanes) is 2. The molecule has 3 aromatic carbocycles. The molecular formula is C39H39N3O. The number of aromatic nitrogens is 1. The monoisotopic (exact) mass is 565 g/mol. The van der Waals surface area contributed by atoms with E-state index in [0.717, 1.165) is 67.0 Å². The first kappa shape index (κ1) is 27.3. The van der Waals surface area contributed by atoms with Gasteiger partial charge in [0.15, 0.2) is 0 Å². The summed E-state index contributed by atoms with van der Waals surface area (Å²) in [6.45, 7) is 4.55. The van der Waals surface area contributed by atoms with E-state index in [1.807, 2.05) is 36.5 Å². The zero-order valence-corrected chi connectivity index (χ0v) is 25.1. The molecule has 0 amide bonds. The van der Waals surface area contributed by atoms with E-state index >= 15 is 0 Å². The van der Waals surface area contributed by atoms with Crippen molar-refractivity contribution in [2.75, 3.05) is 4.90 Å². The minimum Gasteiger partial charge on any atom is -0.507 e. The minimum absolute atomic E-state index is 0.0133. The summed E-state index contributed by atoms with van der Waals surface area (Å²) >= 11 is 0. The number of para-hydroxylation sites is 1. The summed E-state index contributed by atoms with van der Waals surface area (Å²) in [6.07, 6.45) is 15.6. The first-order chi connectivity index (χ1) is 21.1. The number of rotatable bonds is 9. The van der Waals surface area contributed by atoms with Gasteiger partial charge in [0.25, 0.3) is 0 Å². The highest BCUT2D eigenvalue weighted by molar-refractivity contribution is 5.88. The van der Waals surface area contributed by atoms with Crippen LogP contribution in [0, 0.1) is 0 Å². The quantitative estimate of drug-likeness (QED) is 0.212. The third-order valence-corrected chi connectivity index (χ3v) is 9.43. The van der Waals surface area contributed by atoms with Crippen LogP contribution in [0.15, 0.2) is 114 Å². The number of hydrogen-bond acceptors (Lipinski definition) is 4. The molecular weight excluding hydrogens is 526 g/mol. The lowest BCUT2D eigenvalue weighted by molar-refractivity contribution is 0.407. The third kappa shape index (κ3) is 4.57. The van der Waals surface area contributed by atoms with Gasteiger partial charge < -0.3 is 10.4 Å². The molecule has 1 aliphatic heterocycles. The zero-order chi connectivity index (χ0) is 29.4. The van der Waals surface area contributed by atoms with Crippen LogP contribution in [-0.2, 0) is 5.41 Å². The summed E-state index contributed by atoms with van der Waals surface area (Å²) in [5, 5.41) is 15.3. The van der Waals surface area contributed by atoms with Crippen molar-refractivity contribution in [1.29, 1.82) is 0 Å². The predicted octanol–water partition coefficient (Wildman–Crippen LogP) is 9.90. The van der Waals surface area contributed by atoms with Crippen molar-refractivity contribution in [2.24, 2.45) is 0 Å². The van der Waals surface area contributed by atoms with Crippen LogP contribution in [-0.4, -0.2) is 10.1 Å². The average Bonchev–Trinajstić information content (AvgIpc) is 3.32. The molecule has 0 bridgehead atoms. The molecule has 3 aliphatic rings. The van der Waals surface area contributed by atoms with Gasteiger partial charge in [-0.25, -0.2) is 4.98 Å². The Morgan fingerprint density at radius 3 is 2.37 bits per heavy atom. The first-order valence-electron chi connectivity index (χ1n) is 15.8. The maximum atomic E-state index is 11.3. The molecule has 1 atom stereocenters. The van der Waals surface area contributed by atoms with Crippen molar-refractivity contribution < 1.29 is 5.11 Å². The van der Waals surface area contributed by atoms with Crippen LogP contribution >= 0.6 is 0 Å². The van der Waals surface area contributed by atoms with E-state index in [1.165, 1.54) is 27.8 Å². The number of nitrogens with zero attached hydrogens (tertiary/aromatic N) is 2. The number of benzene rings is 3. The Kier molecular flexibility index (Phi) is 7.14. The Bertz CT molecular complexity index is 1690. The number of aromatic hydroxyl groups is 1. The number of dihydropyridines is 1. The molecule has 4 heteroatoms. The standard InChI is InChI=1S/C39H39N3O/c1-3-5-22-39(23-6-4-2)32-15-12-16-34(43)36(32)38-33(39)25-28-19-18-27-20-21-30(26-31(27)37(28)41-38)42(29-13-8-7-9-14-29)35-17-10-11-24-40-35/h7-21,24-26,37,41,43H,3-6,22-23H2,1-2H3. The number of phenolic OH excluding ortho intramolecular Hbond substituents is 1. The second-order valence-electron chi connectivity index (χ2n) is 12.0. The number of fused-ring (bicyclic) bond motifs is 5. The van der Waals surface area contributed by atoms with Crippen LogP contribution in [0.2, 0.25) is 0 Å². The van der Waals surface area contributed by atoms with E-state index in [4.69, 9.17) is 4.98 Å². The van der Waals surface area contributed by atoms with Crippen LogP contribution in [0.25, 0.3) is 11.8 Å². The molecule has 43 heavy (non-hydrogen) atoms. The highest BCUT2D eigenvalue weighted by atomic mass is 16.3. The van der Waals surface area contributed by atoms with Gasteiger partial charge in [0, 0.05) is 28.6 Å². The second kappa shape index (κ2) is 11.3. The Labute approximate surface area is 255 Å². The largest absolute Gasteiger partial charge is 0.507 e. The molecule has 4 nitrogen and oxygen atoms in total. The fourth-order valence-electron chi connectivity index (χ4n) is 7.35. The fourth-order valence-corrected chi connectivity index (χ4v) is 7.35. The molecule has 7 rings (SSSR count). The summed E-state index contributed by atoms with van der Waals surface area (Å²) in [5.41, 5.74) is 10.5. The zero-order valence-electron chi connectivity index (χ0n) is 25.1. The lowest BCUT2D eigenvalue weighted by atomic mass is 9.69.